The molecule has 154 valence electrons. The third-order valence-electron chi connectivity index (χ3n) is 3.55. The molecule has 2 aromatic carbocycles. The van der Waals surface area contributed by atoms with Gasteiger partial charge in [0.05, 0.1) is 12.3 Å². The lowest BCUT2D eigenvalue weighted by Gasteiger charge is -2.20. The predicted molar refractivity (Wildman–Crippen MR) is 89.3 cm³/mol. The average Bonchev–Trinajstić information content (AvgIpc) is 2.60. The molecule has 1 unspecified atom stereocenters. The topological polar surface area (TPSA) is 50.7 Å². The molecule has 0 spiro atoms. The van der Waals surface area contributed by atoms with Gasteiger partial charge >= 0.3 is 12.5 Å². The van der Waals surface area contributed by atoms with Crippen LogP contribution in [0, 0.1) is 0 Å². The van der Waals surface area contributed by atoms with Crippen LogP contribution >= 0.6 is 0 Å². The predicted octanol–water partition coefficient (Wildman–Crippen LogP) is 4.54. The highest BCUT2D eigenvalue weighted by molar-refractivity contribution is 5.63. The number of alkyl halides is 6. The van der Waals surface area contributed by atoms with E-state index >= 15 is 0 Å². The van der Waals surface area contributed by atoms with E-state index in [2.05, 4.69) is 10.1 Å². The van der Waals surface area contributed by atoms with E-state index in [1.165, 1.54) is 6.07 Å². The standard InChI is InChI=1S/C18H17F6NO3/c19-17(20,21)15(26)11-25-13-7-4-8-14(28-18(22,23)24)16(13)27-10-9-12-5-2-1-3-6-12/h1-8,15,25-26H,9-11H2. The van der Waals surface area contributed by atoms with Gasteiger partial charge in [-0.1, -0.05) is 36.4 Å². The lowest BCUT2D eigenvalue weighted by atomic mass is 10.2. The summed E-state index contributed by atoms with van der Waals surface area (Å²) in [5, 5.41) is 11.3. The SMILES string of the molecule is OC(CNc1cccc(OC(F)(F)F)c1OCCc1ccccc1)C(F)(F)F. The zero-order valence-electron chi connectivity index (χ0n) is 14.3. The number of aliphatic hydroxyl groups is 1. The maximum Gasteiger partial charge on any atom is 0.573 e. The molecule has 10 heteroatoms. The van der Waals surface area contributed by atoms with E-state index in [1.807, 2.05) is 0 Å². The number of aliphatic hydroxyl groups excluding tert-OH is 1. The highest BCUT2D eigenvalue weighted by atomic mass is 19.4. The fourth-order valence-electron chi connectivity index (χ4n) is 2.25. The van der Waals surface area contributed by atoms with E-state index in [0.29, 0.717) is 6.42 Å². The Labute approximate surface area is 156 Å². The number of hydrogen-bond acceptors (Lipinski definition) is 4. The van der Waals surface area contributed by atoms with Crippen LogP contribution in [0.1, 0.15) is 5.56 Å². The van der Waals surface area contributed by atoms with Crippen molar-refractivity contribution >= 4 is 5.69 Å². The number of halogens is 6. The number of para-hydroxylation sites is 1. The molecule has 0 bridgehead atoms. The van der Waals surface area contributed by atoms with Gasteiger partial charge in [0.25, 0.3) is 0 Å². The third kappa shape index (κ3) is 6.84. The van der Waals surface area contributed by atoms with Gasteiger partial charge in [-0.2, -0.15) is 13.2 Å². The van der Waals surface area contributed by atoms with Gasteiger partial charge in [0, 0.05) is 13.0 Å². The van der Waals surface area contributed by atoms with Gasteiger partial charge in [-0.15, -0.1) is 13.2 Å². The van der Waals surface area contributed by atoms with Crippen molar-refractivity contribution in [3.8, 4) is 11.5 Å². The summed E-state index contributed by atoms with van der Waals surface area (Å²) in [6.45, 7) is -1.01. The second kappa shape index (κ2) is 9.05. The van der Waals surface area contributed by atoms with E-state index in [4.69, 9.17) is 9.84 Å². The molecule has 0 heterocycles. The molecule has 0 amide bonds. The van der Waals surface area contributed by atoms with Crippen LogP contribution in [0.15, 0.2) is 48.5 Å². The van der Waals surface area contributed by atoms with Crippen LogP contribution in [0.2, 0.25) is 0 Å². The third-order valence-corrected chi connectivity index (χ3v) is 3.55. The van der Waals surface area contributed by atoms with E-state index in [0.717, 1.165) is 17.7 Å². The number of benzene rings is 2. The molecule has 28 heavy (non-hydrogen) atoms. The quantitative estimate of drug-likeness (QED) is 0.629. The van der Waals surface area contributed by atoms with Crippen molar-refractivity contribution in [3.63, 3.8) is 0 Å². The summed E-state index contributed by atoms with van der Waals surface area (Å²) in [5.74, 6) is -1.10. The Bertz CT molecular complexity index is 749. The fraction of sp³-hybridized carbons (Fsp3) is 0.333. The molecule has 4 nitrogen and oxygen atoms in total. The summed E-state index contributed by atoms with van der Waals surface area (Å²) in [6, 6.07) is 12.3. The molecule has 1 atom stereocenters. The van der Waals surface area contributed by atoms with Crippen molar-refractivity contribution in [3.05, 3.63) is 54.1 Å². The number of ether oxygens (including phenoxy) is 2. The van der Waals surface area contributed by atoms with Crippen molar-refractivity contribution < 1.29 is 40.9 Å². The Morgan fingerprint density at radius 3 is 2.21 bits per heavy atom. The summed E-state index contributed by atoms with van der Waals surface area (Å²) in [4.78, 5) is 0. The molecule has 0 aliphatic heterocycles. The second-order valence-electron chi connectivity index (χ2n) is 5.70. The molecule has 0 aliphatic rings. The van der Waals surface area contributed by atoms with Crippen LogP contribution in [-0.4, -0.2) is 36.9 Å². The number of nitrogens with one attached hydrogen (secondary N) is 1. The van der Waals surface area contributed by atoms with Crippen LogP contribution in [0.4, 0.5) is 32.0 Å². The molecule has 0 saturated heterocycles. The summed E-state index contributed by atoms with van der Waals surface area (Å²) >= 11 is 0. The first-order chi connectivity index (χ1) is 13.1. The van der Waals surface area contributed by atoms with E-state index < -0.39 is 36.7 Å². The molecule has 0 aliphatic carbocycles. The maximum absolute atomic E-state index is 12.6. The monoisotopic (exact) mass is 409 g/mol. The zero-order chi connectivity index (χ0) is 20.8. The van der Waals surface area contributed by atoms with Crippen LogP contribution in [0.5, 0.6) is 11.5 Å². The normalized spacial score (nSPS) is 13.1. The van der Waals surface area contributed by atoms with Gasteiger partial charge in [-0.25, -0.2) is 0 Å². The molecule has 0 aromatic heterocycles. The Morgan fingerprint density at radius 1 is 0.929 bits per heavy atom. The first-order valence-electron chi connectivity index (χ1n) is 8.10. The number of rotatable bonds is 8. The molecule has 0 fully saturated rings. The Hall–Kier alpha value is -2.62. The molecule has 0 radical (unpaired) electrons. The van der Waals surface area contributed by atoms with Gasteiger partial charge < -0.3 is 19.9 Å². The van der Waals surface area contributed by atoms with Crippen molar-refractivity contribution in [1.82, 2.24) is 0 Å². The molecular formula is C18H17F6NO3. The molecule has 2 aromatic rings. The summed E-state index contributed by atoms with van der Waals surface area (Å²) in [7, 11) is 0. The highest BCUT2D eigenvalue weighted by Gasteiger charge is 2.38. The first-order valence-corrected chi connectivity index (χ1v) is 8.10. The minimum atomic E-state index is -5.01. The average molecular weight is 409 g/mol. The summed E-state index contributed by atoms with van der Waals surface area (Å²) in [6.07, 6.45) is -12.2. The molecule has 2 rings (SSSR count). The first kappa shape index (κ1) is 21.7. The van der Waals surface area contributed by atoms with E-state index in [9.17, 15) is 26.3 Å². The summed E-state index contributed by atoms with van der Waals surface area (Å²) in [5.41, 5.74) is 0.692. The highest BCUT2D eigenvalue weighted by Crippen LogP contribution is 2.38. The minimum absolute atomic E-state index is 0.0429. The lowest BCUT2D eigenvalue weighted by Crippen LogP contribution is -2.35. The molecule has 0 saturated carbocycles. The van der Waals surface area contributed by atoms with Gasteiger partial charge in [0.15, 0.2) is 17.6 Å². The van der Waals surface area contributed by atoms with Crippen molar-refractivity contribution in [2.45, 2.75) is 25.1 Å². The van der Waals surface area contributed by atoms with E-state index in [-0.39, 0.29) is 12.3 Å². The summed E-state index contributed by atoms with van der Waals surface area (Å²) < 4.78 is 84.5. The fourth-order valence-corrected chi connectivity index (χ4v) is 2.25. The zero-order valence-corrected chi connectivity index (χ0v) is 14.3. The largest absolute Gasteiger partial charge is 0.573 e. The van der Waals surface area contributed by atoms with E-state index in [1.54, 1.807) is 30.3 Å². The van der Waals surface area contributed by atoms with Crippen LogP contribution in [0.25, 0.3) is 0 Å². The number of hydrogen-bond donors (Lipinski definition) is 2. The Morgan fingerprint density at radius 2 is 1.61 bits per heavy atom. The van der Waals surface area contributed by atoms with Crippen LogP contribution in [-0.2, 0) is 6.42 Å². The van der Waals surface area contributed by atoms with Gasteiger partial charge in [-0.3, -0.25) is 0 Å². The van der Waals surface area contributed by atoms with Crippen LogP contribution < -0.4 is 14.8 Å². The van der Waals surface area contributed by atoms with Crippen molar-refractivity contribution in [2.24, 2.45) is 0 Å². The van der Waals surface area contributed by atoms with Crippen molar-refractivity contribution in [1.29, 1.82) is 0 Å². The number of anilines is 1. The van der Waals surface area contributed by atoms with Gasteiger partial charge in [0.2, 0.25) is 0 Å². The Kier molecular flexibility index (Phi) is 7.00. The van der Waals surface area contributed by atoms with Crippen molar-refractivity contribution in [2.75, 3.05) is 18.5 Å². The maximum atomic E-state index is 12.6. The molecule has 2 N–H and O–H groups in total. The molecular weight excluding hydrogens is 392 g/mol. The van der Waals surface area contributed by atoms with Crippen LogP contribution in [0.3, 0.4) is 0 Å². The van der Waals surface area contributed by atoms with Gasteiger partial charge in [-0.05, 0) is 17.7 Å². The minimum Gasteiger partial charge on any atom is -0.487 e. The smallest absolute Gasteiger partial charge is 0.487 e. The second-order valence-corrected chi connectivity index (χ2v) is 5.70. The lowest BCUT2D eigenvalue weighted by molar-refractivity contribution is -0.275. The van der Waals surface area contributed by atoms with Gasteiger partial charge in [0.1, 0.15) is 0 Å². The Balaban J connectivity index is 2.16.